The molecule has 2 N–H and O–H groups in total. The molecule has 0 spiro atoms. The van der Waals surface area contributed by atoms with Crippen LogP contribution in [-0.4, -0.2) is 37.8 Å². The van der Waals surface area contributed by atoms with Crippen LogP contribution < -0.4 is 10.1 Å². The number of methoxy groups -OCH3 is 1. The molecule has 4 heterocycles. The Kier molecular flexibility index (Phi) is 4.35. The molecule has 150 valence electrons. The summed E-state index contributed by atoms with van der Waals surface area (Å²) in [6.45, 7) is 0. The Bertz CT molecular complexity index is 1250. The van der Waals surface area contributed by atoms with E-state index in [0.29, 0.717) is 34.1 Å². The predicted octanol–water partition coefficient (Wildman–Crippen LogP) is 3.75. The second-order valence-electron chi connectivity index (χ2n) is 7.04. The van der Waals surface area contributed by atoms with E-state index < -0.39 is 11.7 Å². The lowest BCUT2D eigenvalue weighted by Gasteiger charge is -2.08. The predicted molar refractivity (Wildman–Crippen MR) is 108 cm³/mol. The first kappa shape index (κ1) is 18.2. The standard InChI is InChI=1S/C21H17FN6O2/c1-30-16-7-4-12(8-23-16)27-15-6-5-13(20(22)28-15)19(29)14-9-24-21-17(14)18(11-2-3-11)25-10-26-21/h4-11H,2-3H2,1H3,(H,27,28)(H,24,25,26). The minimum Gasteiger partial charge on any atom is -0.481 e. The fourth-order valence-corrected chi connectivity index (χ4v) is 3.37. The van der Waals surface area contributed by atoms with Gasteiger partial charge >= 0.3 is 0 Å². The Balaban J connectivity index is 1.44. The summed E-state index contributed by atoms with van der Waals surface area (Å²) in [5.74, 6) is -0.261. The second-order valence-corrected chi connectivity index (χ2v) is 7.04. The van der Waals surface area contributed by atoms with Crippen molar-refractivity contribution in [3.63, 3.8) is 0 Å². The summed E-state index contributed by atoms with van der Waals surface area (Å²) in [4.78, 5) is 32.6. The van der Waals surface area contributed by atoms with Crippen molar-refractivity contribution in [3.05, 3.63) is 65.8 Å². The maximum atomic E-state index is 14.7. The highest BCUT2D eigenvalue weighted by atomic mass is 19.1. The maximum absolute atomic E-state index is 14.7. The van der Waals surface area contributed by atoms with E-state index in [1.165, 1.54) is 19.5 Å². The van der Waals surface area contributed by atoms with Crippen LogP contribution in [-0.2, 0) is 0 Å². The molecule has 0 amide bonds. The lowest BCUT2D eigenvalue weighted by Crippen LogP contribution is -2.08. The number of halogens is 1. The van der Waals surface area contributed by atoms with Gasteiger partial charge in [-0.05, 0) is 31.0 Å². The minimum atomic E-state index is -0.856. The van der Waals surface area contributed by atoms with E-state index in [4.69, 9.17) is 4.74 Å². The second kappa shape index (κ2) is 7.18. The third kappa shape index (κ3) is 3.24. The van der Waals surface area contributed by atoms with Crippen LogP contribution in [0.4, 0.5) is 15.9 Å². The Morgan fingerprint density at radius 3 is 2.73 bits per heavy atom. The zero-order valence-electron chi connectivity index (χ0n) is 16.0. The molecule has 8 nitrogen and oxygen atoms in total. The Hall–Kier alpha value is -3.88. The van der Waals surface area contributed by atoms with E-state index in [1.54, 1.807) is 30.6 Å². The van der Waals surface area contributed by atoms with Crippen molar-refractivity contribution in [2.24, 2.45) is 0 Å². The normalized spacial score (nSPS) is 13.4. The zero-order chi connectivity index (χ0) is 20.7. The fraction of sp³-hybridized carbons (Fsp3) is 0.190. The van der Waals surface area contributed by atoms with Gasteiger partial charge in [-0.3, -0.25) is 4.79 Å². The van der Waals surface area contributed by atoms with E-state index in [-0.39, 0.29) is 11.4 Å². The molecule has 0 aromatic carbocycles. The third-order valence-electron chi connectivity index (χ3n) is 5.02. The van der Waals surface area contributed by atoms with Crippen molar-refractivity contribution in [1.29, 1.82) is 0 Å². The summed E-state index contributed by atoms with van der Waals surface area (Å²) >= 11 is 0. The first-order valence-corrected chi connectivity index (χ1v) is 9.44. The molecule has 5 rings (SSSR count). The van der Waals surface area contributed by atoms with Gasteiger partial charge in [0.05, 0.1) is 41.2 Å². The molecule has 4 aromatic heterocycles. The fourth-order valence-electron chi connectivity index (χ4n) is 3.37. The Labute approximate surface area is 170 Å². The van der Waals surface area contributed by atoms with Gasteiger partial charge in [0.2, 0.25) is 11.8 Å². The molecule has 0 aliphatic heterocycles. The van der Waals surface area contributed by atoms with Crippen LogP contribution in [0.1, 0.15) is 40.4 Å². The summed E-state index contributed by atoms with van der Waals surface area (Å²) in [6.07, 6.45) is 6.64. The number of aromatic nitrogens is 5. The van der Waals surface area contributed by atoms with Crippen molar-refractivity contribution < 1.29 is 13.9 Å². The molecule has 0 atom stereocenters. The van der Waals surface area contributed by atoms with E-state index in [0.717, 1.165) is 18.5 Å². The molecule has 1 fully saturated rings. The number of carbonyl (C=O) groups excluding carboxylic acids is 1. The smallest absolute Gasteiger partial charge is 0.226 e. The minimum absolute atomic E-state index is 0.111. The van der Waals surface area contributed by atoms with Crippen molar-refractivity contribution in [3.8, 4) is 5.88 Å². The first-order valence-electron chi connectivity index (χ1n) is 9.44. The van der Waals surface area contributed by atoms with Crippen LogP contribution >= 0.6 is 0 Å². The highest BCUT2D eigenvalue weighted by molar-refractivity contribution is 6.16. The summed E-state index contributed by atoms with van der Waals surface area (Å²) in [6, 6.07) is 6.38. The number of hydrogen-bond donors (Lipinski definition) is 2. The molecular formula is C21H17FN6O2. The average molecular weight is 404 g/mol. The number of nitrogens with one attached hydrogen (secondary N) is 2. The van der Waals surface area contributed by atoms with Gasteiger partial charge in [0.1, 0.15) is 17.8 Å². The number of fused-ring (bicyclic) bond motifs is 1. The van der Waals surface area contributed by atoms with Gasteiger partial charge in [-0.25, -0.2) is 19.9 Å². The van der Waals surface area contributed by atoms with Crippen LogP contribution in [0.2, 0.25) is 0 Å². The molecule has 4 aromatic rings. The number of pyridine rings is 2. The van der Waals surface area contributed by atoms with Crippen LogP contribution in [0.5, 0.6) is 5.88 Å². The van der Waals surface area contributed by atoms with Crippen molar-refractivity contribution in [2.75, 3.05) is 12.4 Å². The Morgan fingerprint density at radius 1 is 1.17 bits per heavy atom. The maximum Gasteiger partial charge on any atom is 0.226 e. The van der Waals surface area contributed by atoms with Crippen LogP contribution in [0, 0.1) is 5.95 Å². The molecule has 0 unspecified atom stereocenters. The van der Waals surface area contributed by atoms with E-state index in [2.05, 4.69) is 30.2 Å². The molecule has 30 heavy (non-hydrogen) atoms. The van der Waals surface area contributed by atoms with E-state index in [1.807, 2.05) is 0 Å². The molecule has 0 radical (unpaired) electrons. The quantitative estimate of drug-likeness (QED) is 0.372. The van der Waals surface area contributed by atoms with Gasteiger partial charge < -0.3 is 15.0 Å². The summed E-state index contributed by atoms with van der Waals surface area (Å²) < 4.78 is 19.7. The van der Waals surface area contributed by atoms with Crippen LogP contribution in [0.3, 0.4) is 0 Å². The number of anilines is 2. The molecule has 1 aliphatic carbocycles. The molecule has 0 bridgehead atoms. The molecule has 1 saturated carbocycles. The molecule has 9 heteroatoms. The van der Waals surface area contributed by atoms with Gasteiger partial charge in [-0.15, -0.1) is 0 Å². The van der Waals surface area contributed by atoms with E-state index >= 15 is 0 Å². The summed E-state index contributed by atoms with van der Waals surface area (Å²) in [5, 5.41) is 3.62. The van der Waals surface area contributed by atoms with Crippen LogP contribution in [0.15, 0.2) is 43.0 Å². The van der Waals surface area contributed by atoms with Crippen molar-refractivity contribution in [1.82, 2.24) is 24.9 Å². The molecule has 1 aliphatic rings. The highest BCUT2D eigenvalue weighted by Gasteiger charge is 2.30. The van der Waals surface area contributed by atoms with Gasteiger partial charge in [0.25, 0.3) is 0 Å². The monoisotopic (exact) mass is 404 g/mol. The summed E-state index contributed by atoms with van der Waals surface area (Å²) in [7, 11) is 1.52. The van der Waals surface area contributed by atoms with Crippen LogP contribution in [0.25, 0.3) is 11.0 Å². The molecule has 0 saturated heterocycles. The summed E-state index contributed by atoms with van der Waals surface area (Å²) in [5.41, 5.74) is 2.27. The van der Waals surface area contributed by atoms with Gasteiger partial charge in [0, 0.05) is 18.2 Å². The van der Waals surface area contributed by atoms with Gasteiger partial charge in [0.15, 0.2) is 5.78 Å². The van der Waals surface area contributed by atoms with Crippen molar-refractivity contribution >= 4 is 28.3 Å². The topological polar surface area (TPSA) is 106 Å². The number of H-pyrrole nitrogens is 1. The van der Waals surface area contributed by atoms with E-state index in [9.17, 15) is 9.18 Å². The number of carbonyl (C=O) groups is 1. The zero-order valence-corrected chi connectivity index (χ0v) is 16.0. The lowest BCUT2D eigenvalue weighted by molar-refractivity contribution is 0.103. The van der Waals surface area contributed by atoms with Gasteiger partial charge in [-0.2, -0.15) is 4.39 Å². The average Bonchev–Trinajstić information content (AvgIpc) is 3.52. The number of aromatic amines is 1. The largest absolute Gasteiger partial charge is 0.481 e. The SMILES string of the molecule is COc1ccc(Nc2ccc(C(=O)c3c[nH]c4ncnc(C5CC5)c34)c(F)n2)cn1. The number of nitrogens with zero attached hydrogens (tertiary/aromatic N) is 4. The van der Waals surface area contributed by atoms with Gasteiger partial charge in [-0.1, -0.05) is 0 Å². The third-order valence-corrected chi connectivity index (χ3v) is 5.02. The number of ketones is 1. The Morgan fingerprint density at radius 2 is 2.03 bits per heavy atom. The number of rotatable bonds is 6. The lowest BCUT2D eigenvalue weighted by atomic mass is 10.0. The number of hydrogen-bond acceptors (Lipinski definition) is 7. The first-order chi connectivity index (χ1) is 14.6. The number of ether oxygens (including phenoxy) is 1. The molecular weight excluding hydrogens is 387 g/mol. The van der Waals surface area contributed by atoms with Crippen molar-refractivity contribution in [2.45, 2.75) is 18.8 Å². The highest BCUT2D eigenvalue weighted by Crippen LogP contribution is 2.42.